The lowest BCUT2D eigenvalue weighted by Gasteiger charge is -1.78. The van der Waals surface area contributed by atoms with E-state index in [4.69, 9.17) is 12.2 Å². The first-order valence-corrected chi connectivity index (χ1v) is 2.58. The largest absolute Gasteiger partial charge is 0.153 e. The monoisotopic (exact) mass is 152 g/mol. The van der Waals surface area contributed by atoms with Crippen LogP contribution in [0.25, 0.3) is 0 Å². The molecular formula is C4H9PS2. The minimum atomic E-state index is 0. The number of hydrogen-bond donors (Lipinski definition) is 0. The zero-order valence-electron chi connectivity index (χ0n) is 4.31. The standard InChI is InChI=1S/C4H6S2.H3P/c1-4(6)2-3-5;/h3H,2H2,1H3;1H3. The van der Waals surface area contributed by atoms with Crippen molar-refractivity contribution in [2.24, 2.45) is 0 Å². The summed E-state index contributed by atoms with van der Waals surface area (Å²) >= 11 is 9.21. The predicted molar refractivity (Wildman–Crippen MR) is 47.6 cm³/mol. The van der Waals surface area contributed by atoms with Crippen LogP contribution in [0.5, 0.6) is 0 Å². The van der Waals surface area contributed by atoms with Crippen molar-refractivity contribution in [3.63, 3.8) is 0 Å². The van der Waals surface area contributed by atoms with Gasteiger partial charge in [-0.25, -0.2) is 0 Å². The molecule has 0 rings (SSSR count). The molecule has 0 aromatic heterocycles. The first-order chi connectivity index (χ1) is 2.77. The predicted octanol–water partition coefficient (Wildman–Crippen LogP) is 1.82. The van der Waals surface area contributed by atoms with E-state index in [0.29, 0.717) is 0 Å². The van der Waals surface area contributed by atoms with Gasteiger partial charge in [0.2, 0.25) is 0 Å². The summed E-state index contributed by atoms with van der Waals surface area (Å²) in [6.45, 7) is 1.89. The fourth-order valence-corrected chi connectivity index (χ4v) is 0.556. The van der Waals surface area contributed by atoms with Crippen molar-refractivity contribution in [1.29, 1.82) is 0 Å². The van der Waals surface area contributed by atoms with E-state index >= 15 is 0 Å². The number of hydrogen-bond acceptors (Lipinski definition) is 2. The van der Waals surface area contributed by atoms with Gasteiger partial charge >= 0.3 is 0 Å². The molecule has 0 saturated heterocycles. The van der Waals surface area contributed by atoms with Crippen molar-refractivity contribution in [2.75, 3.05) is 0 Å². The molecular weight excluding hydrogens is 143 g/mol. The van der Waals surface area contributed by atoms with Gasteiger partial charge in [-0.05, 0) is 17.2 Å². The van der Waals surface area contributed by atoms with Crippen LogP contribution in [-0.2, 0) is 0 Å². The summed E-state index contributed by atoms with van der Waals surface area (Å²) in [6.07, 6.45) is 0.796. The van der Waals surface area contributed by atoms with Gasteiger partial charge in [-0.2, -0.15) is 9.90 Å². The normalized spacial score (nSPS) is 6.43. The first kappa shape index (κ1) is 10.6. The Kier molecular flexibility index (Phi) is 9.98. The Bertz CT molecular complexity index is 70.1. The highest BCUT2D eigenvalue weighted by atomic mass is 32.1. The van der Waals surface area contributed by atoms with E-state index < -0.39 is 0 Å². The second-order valence-electron chi connectivity index (χ2n) is 1.07. The second-order valence-corrected chi connectivity index (χ2v) is 2.10. The molecule has 0 nitrogen and oxygen atoms in total. The van der Waals surface area contributed by atoms with Gasteiger partial charge in [0.05, 0.1) is 0 Å². The third-order valence-electron chi connectivity index (χ3n) is 0.371. The third kappa shape index (κ3) is 10.8. The van der Waals surface area contributed by atoms with E-state index in [1.165, 1.54) is 0 Å². The maximum Gasteiger partial charge on any atom is 0.00688 e. The van der Waals surface area contributed by atoms with Crippen LogP contribution in [0.15, 0.2) is 0 Å². The van der Waals surface area contributed by atoms with E-state index in [1.54, 1.807) is 5.37 Å². The average Bonchev–Trinajstić information content (AvgIpc) is 1.35. The van der Waals surface area contributed by atoms with Crippen molar-refractivity contribution in [3.8, 4) is 0 Å². The van der Waals surface area contributed by atoms with Crippen molar-refractivity contribution in [2.45, 2.75) is 13.3 Å². The van der Waals surface area contributed by atoms with Gasteiger partial charge < -0.3 is 0 Å². The van der Waals surface area contributed by atoms with Crippen LogP contribution in [0.3, 0.4) is 0 Å². The molecule has 7 heavy (non-hydrogen) atoms. The molecule has 0 amide bonds. The maximum atomic E-state index is 4.70. The molecule has 0 fully saturated rings. The smallest absolute Gasteiger partial charge is 0.00688 e. The summed E-state index contributed by atoms with van der Waals surface area (Å²) in [5.41, 5.74) is 0. The van der Waals surface area contributed by atoms with Crippen LogP contribution in [0.2, 0.25) is 0 Å². The fraction of sp³-hybridized carbons (Fsp3) is 0.500. The quantitative estimate of drug-likeness (QED) is 0.437. The molecule has 0 heterocycles. The van der Waals surface area contributed by atoms with Crippen molar-refractivity contribution >= 4 is 44.6 Å². The summed E-state index contributed by atoms with van der Waals surface area (Å²) < 4.78 is 0. The molecule has 0 bridgehead atoms. The first-order valence-electron chi connectivity index (χ1n) is 1.70. The van der Waals surface area contributed by atoms with Crippen LogP contribution in [-0.4, -0.2) is 10.2 Å². The zero-order chi connectivity index (χ0) is 4.99. The molecule has 0 N–H and O–H groups in total. The average molecular weight is 152 g/mol. The van der Waals surface area contributed by atoms with Crippen molar-refractivity contribution < 1.29 is 0 Å². The Morgan fingerprint density at radius 2 is 2.14 bits per heavy atom. The minimum Gasteiger partial charge on any atom is -0.153 e. The molecule has 0 aromatic rings. The van der Waals surface area contributed by atoms with Gasteiger partial charge in [-0.3, -0.25) is 0 Å². The molecule has 0 aliphatic heterocycles. The lowest BCUT2D eigenvalue weighted by atomic mass is 10.4. The van der Waals surface area contributed by atoms with Crippen LogP contribution >= 0.6 is 34.3 Å². The Morgan fingerprint density at radius 3 is 2.14 bits per heavy atom. The van der Waals surface area contributed by atoms with E-state index in [1.807, 2.05) is 6.92 Å². The Labute approximate surface area is 58.3 Å². The van der Waals surface area contributed by atoms with E-state index in [-0.39, 0.29) is 9.90 Å². The summed E-state index contributed by atoms with van der Waals surface area (Å²) in [6, 6.07) is 0. The molecule has 42 valence electrons. The van der Waals surface area contributed by atoms with Gasteiger partial charge in [0.25, 0.3) is 0 Å². The third-order valence-corrected chi connectivity index (χ3v) is 0.704. The summed E-state index contributed by atoms with van der Waals surface area (Å²) in [5.74, 6) is 0. The highest BCUT2D eigenvalue weighted by molar-refractivity contribution is 7.81. The molecule has 0 aromatic carbocycles. The van der Waals surface area contributed by atoms with Crippen LogP contribution in [0.1, 0.15) is 13.3 Å². The van der Waals surface area contributed by atoms with Gasteiger partial charge in [0, 0.05) is 6.42 Å². The van der Waals surface area contributed by atoms with E-state index in [9.17, 15) is 0 Å². The molecule has 1 atom stereocenters. The van der Waals surface area contributed by atoms with E-state index in [2.05, 4.69) is 12.2 Å². The molecule has 0 saturated carbocycles. The Balaban J connectivity index is 0. The van der Waals surface area contributed by atoms with Gasteiger partial charge in [-0.15, -0.1) is 0 Å². The molecule has 1 unspecified atom stereocenters. The number of rotatable bonds is 2. The van der Waals surface area contributed by atoms with Crippen molar-refractivity contribution in [3.05, 3.63) is 0 Å². The molecule has 0 aliphatic rings. The SMILES string of the molecule is CC(=S)CC=S.P. The Morgan fingerprint density at radius 1 is 1.71 bits per heavy atom. The van der Waals surface area contributed by atoms with Gasteiger partial charge in [0.1, 0.15) is 0 Å². The van der Waals surface area contributed by atoms with Gasteiger partial charge in [0.15, 0.2) is 0 Å². The topological polar surface area (TPSA) is 0 Å². The highest BCUT2D eigenvalue weighted by Gasteiger charge is 1.76. The Hall–Kier alpha value is 0.610. The van der Waals surface area contributed by atoms with Crippen molar-refractivity contribution in [1.82, 2.24) is 0 Å². The molecule has 3 heteroatoms. The second kappa shape index (κ2) is 6.61. The maximum absolute atomic E-state index is 4.70. The minimum absolute atomic E-state index is 0. The van der Waals surface area contributed by atoms with Crippen LogP contribution in [0, 0.1) is 0 Å². The molecule has 0 radical (unpaired) electrons. The summed E-state index contributed by atoms with van der Waals surface area (Å²) in [7, 11) is 0. The summed E-state index contributed by atoms with van der Waals surface area (Å²) in [4.78, 5) is 0.963. The lowest BCUT2D eigenvalue weighted by Crippen LogP contribution is -1.82. The molecule has 0 spiro atoms. The van der Waals surface area contributed by atoms with Crippen LogP contribution < -0.4 is 0 Å². The fourth-order valence-electron chi connectivity index (χ4n) is 0.117. The van der Waals surface area contributed by atoms with E-state index in [0.717, 1.165) is 11.3 Å². The zero-order valence-corrected chi connectivity index (χ0v) is 7.36. The highest BCUT2D eigenvalue weighted by Crippen LogP contribution is 1.78. The van der Waals surface area contributed by atoms with Gasteiger partial charge in [-0.1, -0.05) is 24.4 Å². The lowest BCUT2D eigenvalue weighted by molar-refractivity contribution is 1.69. The summed E-state index contributed by atoms with van der Waals surface area (Å²) in [5, 5.41) is 1.64. The number of thiocarbonyl (C=S) groups is 2. The molecule has 0 aliphatic carbocycles. The van der Waals surface area contributed by atoms with Crippen LogP contribution in [0.4, 0.5) is 0 Å².